The first-order chi connectivity index (χ1) is 11.6. The molecule has 7 heteroatoms. The Morgan fingerprint density at radius 3 is 2.17 bits per heavy atom. The van der Waals surface area contributed by atoms with Gasteiger partial charge in [0.25, 0.3) is 0 Å². The maximum Gasteiger partial charge on any atom is 0.309 e. The van der Waals surface area contributed by atoms with E-state index in [1.165, 1.54) is 0 Å². The number of fused-ring (bicyclic) bond motifs is 1. The Morgan fingerprint density at radius 1 is 0.875 bits per heavy atom. The number of rotatable bonds is 4. The third-order valence-electron chi connectivity index (χ3n) is 3.46. The average molecular weight is 347 g/mol. The summed E-state index contributed by atoms with van der Waals surface area (Å²) in [6.07, 6.45) is 0. The zero-order valence-electron chi connectivity index (χ0n) is 12.7. The lowest BCUT2D eigenvalue weighted by molar-refractivity contribution is -0.139. The summed E-state index contributed by atoms with van der Waals surface area (Å²) in [5.41, 5.74) is 1.68. The van der Waals surface area contributed by atoms with Gasteiger partial charge in [-0.15, -0.1) is 0 Å². The first kappa shape index (κ1) is 16.1. The molecule has 0 unspecified atom stereocenters. The van der Waals surface area contributed by atoms with Gasteiger partial charge in [-0.3, -0.25) is 9.59 Å². The number of nitrogens with one attached hydrogen (secondary N) is 2. The number of carbonyl (C=O) groups is 2. The molecule has 6 nitrogen and oxygen atoms in total. The molecule has 2 amide bonds. The van der Waals surface area contributed by atoms with E-state index in [1.807, 2.05) is 0 Å². The van der Waals surface area contributed by atoms with Crippen molar-refractivity contribution in [2.75, 3.05) is 6.79 Å². The van der Waals surface area contributed by atoms with Crippen LogP contribution in [0, 0.1) is 0 Å². The normalized spacial score (nSPS) is 11.9. The molecule has 1 heterocycles. The molecule has 24 heavy (non-hydrogen) atoms. The fourth-order valence-electron chi connectivity index (χ4n) is 2.18. The Morgan fingerprint density at radius 2 is 1.46 bits per heavy atom. The van der Waals surface area contributed by atoms with Crippen molar-refractivity contribution in [1.29, 1.82) is 0 Å². The molecule has 2 aromatic carbocycles. The summed E-state index contributed by atoms with van der Waals surface area (Å²) in [5.74, 6) is -0.0768. The van der Waals surface area contributed by atoms with Crippen molar-refractivity contribution in [1.82, 2.24) is 10.6 Å². The average Bonchev–Trinajstić information content (AvgIpc) is 3.06. The SMILES string of the molecule is O=C(NCc1ccc(Cl)cc1)C(=O)NCc1ccc2c(c1)OCO2. The number of hydrogen-bond donors (Lipinski definition) is 2. The van der Waals surface area contributed by atoms with Gasteiger partial charge in [0.15, 0.2) is 11.5 Å². The molecule has 0 spiro atoms. The van der Waals surface area contributed by atoms with Crippen molar-refractivity contribution in [2.45, 2.75) is 13.1 Å². The molecule has 0 saturated heterocycles. The van der Waals surface area contributed by atoms with Crippen LogP contribution in [-0.2, 0) is 22.7 Å². The number of benzene rings is 2. The lowest BCUT2D eigenvalue weighted by atomic mass is 10.2. The molecule has 1 aliphatic heterocycles. The van der Waals surface area contributed by atoms with Gasteiger partial charge in [-0.25, -0.2) is 0 Å². The predicted octanol–water partition coefficient (Wildman–Crippen LogP) is 2.00. The Kier molecular flexibility index (Phi) is 4.86. The molecule has 0 radical (unpaired) electrons. The van der Waals surface area contributed by atoms with Crippen molar-refractivity contribution in [3.05, 3.63) is 58.6 Å². The second-order valence-electron chi connectivity index (χ2n) is 5.18. The Balaban J connectivity index is 1.47. The lowest BCUT2D eigenvalue weighted by Crippen LogP contribution is -2.39. The van der Waals surface area contributed by atoms with Crippen LogP contribution in [0.1, 0.15) is 11.1 Å². The van der Waals surface area contributed by atoms with Crippen LogP contribution in [0.4, 0.5) is 0 Å². The molecular weight excluding hydrogens is 332 g/mol. The summed E-state index contributed by atoms with van der Waals surface area (Å²) in [7, 11) is 0. The van der Waals surface area contributed by atoms with Crippen LogP contribution in [0.15, 0.2) is 42.5 Å². The number of amides is 2. The van der Waals surface area contributed by atoms with E-state index in [4.69, 9.17) is 21.1 Å². The van der Waals surface area contributed by atoms with Crippen LogP contribution in [0.5, 0.6) is 11.5 Å². The number of hydrogen-bond acceptors (Lipinski definition) is 4. The molecule has 0 bridgehead atoms. The summed E-state index contributed by atoms with van der Waals surface area (Å²) in [6.45, 7) is 0.676. The van der Waals surface area contributed by atoms with Crippen molar-refractivity contribution < 1.29 is 19.1 Å². The zero-order chi connectivity index (χ0) is 16.9. The van der Waals surface area contributed by atoms with Crippen LogP contribution in [0.2, 0.25) is 5.02 Å². The molecule has 0 aromatic heterocycles. The van der Waals surface area contributed by atoms with Crippen molar-refractivity contribution >= 4 is 23.4 Å². The van der Waals surface area contributed by atoms with Crippen LogP contribution >= 0.6 is 11.6 Å². The fraction of sp³-hybridized carbons (Fsp3) is 0.176. The van der Waals surface area contributed by atoms with Crippen LogP contribution < -0.4 is 20.1 Å². The van der Waals surface area contributed by atoms with Gasteiger partial charge in [0.05, 0.1) is 0 Å². The van der Waals surface area contributed by atoms with Crippen molar-refractivity contribution in [3.63, 3.8) is 0 Å². The summed E-state index contributed by atoms with van der Waals surface area (Å²) in [4.78, 5) is 23.6. The highest BCUT2D eigenvalue weighted by Crippen LogP contribution is 2.32. The van der Waals surface area contributed by atoms with Crippen LogP contribution in [0.25, 0.3) is 0 Å². The third kappa shape index (κ3) is 3.97. The third-order valence-corrected chi connectivity index (χ3v) is 3.71. The van der Waals surface area contributed by atoms with E-state index in [1.54, 1.807) is 42.5 Å². The van der Waals surface area contributed by atoms with Gasteiger partial charge in [-0.05, 0) is 35.4 Å². The highest BCUT2D eigenvalue weighted by atomic mass is 35.5. The smallest absolute Gasteiger partial charge is 0.309 e. The standard InChI is InChI=1S/C17H15ClN2O4/c18-13-4-1-11(2-5-13)8-19-16(21)17(22)20-9-12-3-6-14-15(7-12)24-10-23-14/h1-7H,8-10H2,(H,19,21)(H,20,22). The fourth-order valence-corrected chi connectivity index (χ4v) is 2.30. The molecule has 0 fully saturated rings. The van der Waals surface area contributed by atoms with Gasteiger partial charge in [-0.2, -0.15) is 0 Å². The van der Waals surface area contributed by atoms with E-state index in [2.05, 4.69) is 10.6 Å². The second-order valence-corrected chi connectivity index (χ2v) is 5.62. The molecule has 2 aromatic rings. The van der Waals surface area contributed by atoms with E-state index < -0.39 is 11.8 Å². The van der Waals surface area contributed by atoms with Crippen LogP contribution in [0.3, 0.4) is 0 Å². The largest absolute Gasteiger partial charge is 0.454 e. The zero-order valence-corrected chi connectivity index (χ0v) is 13.4. The maximum absolute atomic E-state index is 11.8. The number of carbonyl (C=O) groups excluding carboxylic acids is 2. The Hall–Kier alpha value is -2.73. The summed E-state index contributed by atoms with van der Waals surface area (Å²) >= 11 is 5.79. The van der Waals surface area contributed by atoms with Gasteiger partial charge in [0.1, 0.15) is 0 Å². The number of ether oxygens (including phenoxy) is 2. The lowest BCUT2D eigenvalue weighted by Gasteiger charge is -2.07. The van der Waals surface area contributed by atoms with Gasteiger partial charge >= 0.3 is 11.8 Å². The second kappa shape index (κ2) is 7.23. The number of halogens is 1. The van der Waals surface area contributed by atoms with E-state index in [9.17, 15) is 9.59 Å². The van der Waals surface area contributed by atoms with E-state index in [0.717, 1.165) is 11.1 Å². The molecule has 124 valence electrons. The van der Waals surface area contributed by atoms with Crippen LogP contribution in [-0.4, -0.2) is 18.6 Å². The summed E-state index contributed by atoms with van der Waals surface area (Å²) < 4.78 is 10.5. The van der Waals surface area contributed by atoms with Gasteiger partial charge in [-0.1, -0.05) is 29.8 Å². The summed E-state index contributed by atoms with van der Waals surface area (Å²) in [6, 6.07) is 12.4. The van der Waals surface area contributed by atoms with Gasteiger partial charge in [0.2, 0.25) is 6.79 Å². The van der Waals surface area contributed by atoms with Crippen molar-refractivity contribution in [2.24, 2.45) is 0 Å². The molecule has 0 aliphatic carbocycles. The van der Waals surface area contributed by atoms with Crippen molar-refractivity contribution in [3.8, 4) is 11.5 Å². The molecule has 0 atom stereocenters. The van der Waals surface area contributed by atoms with E-state index >= 15 is 0 Å². The monoisotopic (exact) mass is 346 g/mol. The first-order valence-corrected chi connectivity index (χ1v) is 7.68. The topological polar surface area (TPSA) is 76.7 Å². The molecule has 3 rings (SSSR count). The van der Waals surface area contributed by atoms with E-state index in [0.29, 0.717) is 16.5 Å². The maximum atomic E-state index is 11.8. The Labute approximate surface area is 143 Å². The van der Waals surface area contributed by atoms with Gasteiger partial charge in [0, 0.05) is 18.1 Å². The predicted molar refractivity (Wildman–Crippen MR) is 87.7 cm³/mol. The molecule has 1 aliphatic rings. The van der Waals surface area contributed by atoms with Gasteiger partial charge < -0.3 is 20.1 Å². The highest BCUT2D eigenvalue weighted by molar-refractivity contribution is 6.35. The Bertz CT molecular complexity index is 762. The summed E-state index contributed by atoms with van der Waals surface area (Å²) in [5, 5.41) is 5.74. The minimum atomic E-state index is -0.693. The molecule has 2 N–H and O–H groups in total. The molecular formula is C17H15ClN2O4. The molecule has 0 saturated carbocycles. The quantitative estimate of drug-likeness (QED) is 0.830. The van der Waals surface area contributed by atoms with E-state index in [-0.39, 0.29) is 19.9 Å². The minimum absolute atomic E-state index is 0.193. The minimum Gasteiger partial charge on any atom is -0.454 e. The highest BCUT2D eigenvalue weighted by Gasteiger charge is 2.15. The first-order valence-electron chi connectivity index (χ1n) is 7.31.